The predicted molar refractivity (Wildman–Crippen MR) is 357 cm³/mol. The molecule has 3 aliphatic heterocycles. The molecule has 3 aliphatic carbocycles. The van der Waals surface area contributed by atoms with Gasteiger partial charge in [0.2, 0.25) is 70.9 Å². The first-order valence-electron chi connectivity index (χ1n) is 35.5. The molecular weight excluding hydrogens is 1300 g/mol. The quantitative estimate of drug-likeness (QED) is 0.176. The minimum atomic E-state index is -4.52. The lowest BCUT2D eigenvalue weighted by Gasteiger charge is -2.43. The smallest absolute Gasteiger partial charge is 0.379 e. The Labute approximate surface area is 581 Å². The predicted octanol–water partition coefficient (Wildman–Crippen LogP) is 3.54. The summed E-state index contributed by atoms with van der Waals surface area (Å²) in [6, 6.07) is -8.91. The van der Waals surface area contributed by atoms with Crippen LogP contribution in [0.1, 0.15) is 163 Å². The molecule has 0 radical (unpaired) electrons. The number of morpholine rings is 1. The van der Waals surface area contributed by atoms with Gasteiger partial charge in [0.15, 0.2) is 0 Å². The third kappa shape index (κ3) is 20.4. The zero-order valence-electron chi connectivity index (χ0n) is 59.6. The van der Waals surface area contributed by atoms with Crippen LogP contribution in [0.2, 0.25) is 0 Å². The highest BCUT2D eigenvalue weighted by molar-refractivity contribution is 6.21. The zero-order valence-corrected chi connectivity index (χ0v) is 60.4. The maximum atomic E-state index is 15.7. The molecule has 3 N–H and O–H groups in total. The molecule has 11 atom stereocenters. The van der Waals surface area contributed by atoms with Crippen molar-refractivity contribution < 1.29 is 80.2 Å². The van der Waals surface area contributed by atoms with Crippen molar-refractivity contribution in [1.29, 1.82) is 0 Å². The van der Waals surface area contributed by atoms with E-state index in [4.69, 9.17) is 21.1 Å². The number of hydrogen-bond acceptors (Lipinski definition) is 14. The summed E-state index contributed by atoms with van der Waals surface area (Å²) in [5.41, 5.74) is -1.57. The molecule has 6 rings (SSSR count). The monoisotopic (exact) mass is 1410 g/mol. The number of carbonyl (C=O) groups excluding carboxylic acids is 12. The van der Waals surface area contributed by atoms with Gasteiger partial charge >= 0.3 is 6.18 Å². The minimum Gasteiger partial charge on any atom is -0.379 e. The Bertz CT molecular complexity index is 2810. The summed E-state index contributed by atoms with van der Waals surface area (Å²) in [5, 5.41) is 7.48. The highest BCUT2D eigenvalue weighted by Gasteiger charge is 2.52. The van der Waals surface area contributed by atoms with Crippen LogP contribution in [0, 0.1) is 23.7 Å². The summed E-state index contributed by atoms with van der Waals surface area (Å²) < 4.78 is 53.3. The number of fused-ring (bicyclic) bond motifs is 1. The first-order valence-corrected chi connectivity index (χ1v) is 35.9. The van der Waals surface area contributed by atoms with Gasteiger partial charge in [-0.15, -0.1) is 11.6 Å². The van der Waals surface area contributed by atoms with E-state index in [1.165, 1.54) is 73.8 Å². The van der Waals surface area contributed by atoms with Crippen molar-refractivity contribution in [1.82, 2.24) is 60.0 Å². The van der Waals surface area contributed by atoms with Crippen LogP contribution in [0.15, 0.2) is 0 Å². The van der Waals surface area contributed by atoms with Gasteiger partial charge in [-0.25, -0.2) is 0 Å². The highest BCUT2D eigenvalue weighted by atomic mass is 35.5. The molecule has 0 aromatic rings. The topological polar surface area (TPSA) is 289 Å². The van der Waals surface area contributed by atoms with Gasteiger partial charge in [0.05, 0.1) is 51.8 Å². The molecule has 554 valence electrons. The van der Waals surface area contributed by atoms with E-state index in [-0.39, 0.29) is 110 Å². The fourth-order valence-corrected chi connectivity index (χ4v) is 15.4. The Morgan fingerprint density at radius 3 is 1.89 bits per heavy atom. The molecule has 1 spiro atoms. The summed E-state index contributed by atoms with van der Waals surface area (Å²) in [7, 11) is 9.70. The third-order valence-electron chi connectivity index (χ3n) is 21.3. The number of rotatable bonds is 13. The van der Waals surface area contributed by atoms with Gasteiger partial charge in [-0.1, -0.05) is 72.6 Å². The number of ether oxygens (including phenoxy) is 2. The van der Waals surface area contributed by atoms with Crippen LogP contribution in [0.4, 0.5) is 13.2 Å². The van der Waals surface area contributed by atoms with Crippen molar-refractivity contribution in [3.8, 4) is 0 Å². The van der Waals surface area contributed by atoms with Crippen LogP contribution in [0.3, 0.4) is 0 Å². The fourth-order valence-electron chi connectivity index (χ4n) is 14.9. The van der Waals surface area contributed by atoms with Crippen molar-refractivity contribution >= 4 is 82.5 Å². The van der Waals surface area contributed by atoms with Crippen LogP contribution < -0.4 is 16.0 Å². The molecule has 26 nitrogen and oxygen atoms in total. The Kier molecular flexibility index (Phi) is 30.3. The molecule has 3 saturated carbocycles. The number of likely N-dealkylation sites (N-methyl/N-ethyl adjacent to an activating group) is 7. The highest BCUT2D eigenvalue weighted by Crippen LogP contribution is 2.44. The second kappa shape index (κ2) is 36.8. The third-order valence-corrected chi connectivity index (χ3v) is 21.8. The molecule has 98 heavy (non-hydrogen) atoms. The van der Waals surface area contributed by atoms with Gasteiger partial charge in [-0.3, -0.25) is 57.5 Å². The molecule has 6 fully saturated rings. The van der Waals surface area contributed by atoms with Crippen LogP contribution in [0.25, 0.3) is 0 Å². The lowest BCUT2D eigenvalue weighted by molar-refractivity contribution is -0.182. The molecule has 3 heterocycles. The van der Waals surface area contributed by atoms with E-state index in [1.807, 2.05) is 20.8 Å². The average molecular weight is 1410 g/mol. The SMILES string of the molecule is CCCOC[C@H]1C(=O)N(C)CC(=O)N[C@@H](CCC2CCC(C(F)(F)F)C(Cl)C2)C(=O)N2CCC[C@H]2C(=O)NC2(CCCC2)C(=O)N(C)[C@@H](C2CCCCC2)C(=O)N(C)[C@H](C(=O)N2CCOCC2)CC(=O)N(C)[C@@H](CCC)C(=O)N[C@@H]([C@@H](C)CC)C(=O)N(C)CC(=O)N(C)CC(=O)N1C. The number of hydrogen-bond donors (Lipinski definition) is 3. The lowest BCUT2D eigenvalue weighted by atomic mass is 9.78. The van der Waals surface area contributed by atoms with E-state index in [2.05, 4.69) is 16.0 Å². The van der Waals surface area contributed by atoms with Gasteiger partial charge in [0.25, 0.3) is 0 Å². The number of carbonyl (C=O) groups is 12. The summed E-state index contributed by atoms with van der Waals surface area (Å²) in [6.07, 6.45) is 1.61. The molecule has 12 amide bonds. The van der Waals surface area contributed by atoms with Crippen LogP contribution in [-0.2, 0) is 67.0 Å². The summed E-state index contributed by atoms with van der Waals surface area (Å²) in [4.78, 5) is 189. The van der Waals surface area contributed by atoms with E-state index < -0.39 is 174 Å². The molecule has 0 aromatic carbocycles. The van der Waals surface area contributed by atoms with Crippen molar-refractivity contribution in [3.05, 3.63) is 0 Å². The van der Waals surface area contributed by atoms with E-state index in [0.717, 1.165) is 38.9 Å². The van der Waals surface area contributed by atoms with Crippen LogP contribution >= 0.6 is 11.6 Å². The normalized spacial score (nSPS) is 29.3. The van der Waals surface area contributed by atoms with Crippen molar-refractivity contribution in [3.63, 3.8) is 0 Å². The molecule has 3 unspecified atom stereocenters. The van der Waals surface area contributed by atoms with Gasteiger partial charge < -0.3 is 69.5 Å². The van der Waals surface area contributed by atoms with Gasteiger partial charge in [-0.2, -0.15) is 13.2 Å². The number of nitrogens with one attached hydrogen (secondary N) is 3. The zero-order chi connectivity index (χ0) is 72.5. The Balaban J connectivity index is 1.41. The Morgan fingerprint density at radius 2 is 1.28 bits per heavy atom. The molecule has 0 bridgehead atoms. The van der Waals surface area contributed by atoms with E-state index >= 15 is 19.2 Å². The second-order valence-corrected chi connectivity index (χ2v) is 28.8. The number of halogens is 4. The van der Waals surface area contributed by atoms with Crippen molar-refractivity contribution in [2.75, 3.05) is 115 Å². The number of amides is 12. The Morgan fingerprint density at radius 1 is 0.643 bits per heavy atom. The standard InChI is InChI=1S/C68H110ClF3N12O14/c1-12-21-49-59(89)74-57(43(4)14-3)64(94)78(7)40-55(87)76(5)41-56(88)80(9)52(42-98-34-13-2)62(92)77(6)39-53(85)73-48(28-26-44-25-27-46(47(69)37-44)68(70,71)72)61(91)84-31-20-24-50(84)60(90)75-67(29-18-19-30-67)66(96)82(11)58(45-22-16-15-17-23-45)65(95)81(10)51(38-54(86)79(49)8)63(93)83-32-35-97-36-33-83/h43-52,57-58H,12-42H2,1-11H3,(H,73,85)(H,74,89)(H,75,90)/t43-,44?,46?,47?,48-,49-,50-,51-,52-,57-,58-/m0/s1. The second-order valence-electron chi connectivity index (χ2n) is 28.3. The van der Waals surface area contributed by atoms with Crippen molar-refractivity contribution in [2.24, 2.45) is 23.7 Å². The van der Waals surface area contributed by atoms with Gasteiger partial charge in [0.1, 0.15) is 47.8 Å². The van der Waals surface area contributed by atoms with Crippen LogP contribution in [0.5, 0.6) is 0 Å². The first-order chi connectivity index (χ1) is 46.3. The van der Waals surface area contributed by atoms with Gasteiger partial charge in [0, 0.05) is 81.0 Å². The van der Waals surface area contributed by atoms with Gasteiger partial charge in [-0.05, 0) is 101 Å². The fraction of sp³-hybridized carbons (Fsp3) is 0.824. The average Bonchev–Trinajstić information content (AvgIpc) is 0.873. The first kappa shape index (κ1) is 80.6. The number of alkyl halides is 4. The van der Waals surface area contributed by atoms with Crippen LogP contribution in [-0.4, -0.2) is 289 Å². The van der Waals surface area contributed by atoms with E-state index in [0.29, 0.717) is 51.4 Å². The lowest BCUT2D eigenvalue weighted by Crippen LogP contribution is -2.65. The summed E-state index contributed by atoms with van der Waals surface area (Å²) in [5.74, 6) is -11.1. The molecule has 3 saturated heterocycles. The summed E-state index contributed by atoms with van der Waals surface area (Å²) >= 11 is 6.38. The molecule has 0 aromatic heterocycles. The maximum absolute atomic E-state index is 15.7. The largest absolute Gasteiger partial charge is 0.393 e. The number of nitrogens with zero attached hydrogens (tertiary/aromatic N) is 9. The van der Waals surface area contributed by atoms with E-state index in [1.54, 1.807) is 6.92 Å². The van der Waals surface area contributed by atoms with Crippen molar-refractivity contribution in [2.45, 2.75) is 222 Å². The Hall–Kier alpha value is -6.36. The van der Waals surface area contributed by atoms with E-state index in [9.17, 15) is 51.5 Å². The molecular formula is C68H110ClF3N12O14. The molecule has 6 aliphatic rings. The maximum Gasteiger partial charge on any atom is 0.393 e. The minimum absolute atomic E-state index is 0.0152. The molecule has 30 heteroatoms. The summed E-state index contributed by atoms with van der Waals surface area (Å²) in [6.45, 7) is 6.04.